The Morgan fingerprint density at radius 2 is 0.603 bits per heavy atom. The summed E-state index contributed by atoms with van der Waals surface area (Å²) in [5, 5.41) is 0. The van der Waals surface area contributed by atoms with Crippen molar-refractivity contribution in [2.45, 2.75) is 297 Å². The van der Waals surface area contributed by atoms with Crippen LogP contribution in [0.5, 0.6) is 0 Å². The molecule has 0 radical (unpaired) electrons. The minimum absolute atomic E-state index is 0.0633. The maximum absolute atomic E-state index is 12.8. The summed E-state index contributed by atoms with van der Waals surface area (Å²) in [7, 11) is 0. The zero-order valence-electron chi connectivity index (χ0n) is 39.5. The van der Waals surface area contributed by atoms with Gasteiger partial charge in [-0.15, -0.1) is 0 Å². The van der Waals surface area contributed by atoms with Crippen LogP contribution in [0.4, 0.5) is 0 Å². The summed E-state index contributed by atoms with van der Waals surface area (Å²) in [5.74, 6) is -0.00352. The van der Waals surface area contributed by atoms with Crippen molar-refractivity contribution in [1.29, 1.82) is 0 Å². The molecule has 0 aromatic carbocycles. The van der Waals surface area contributed by atoms with Crippen LogP contribution in [0.2, 0.25) is 0 Å². The molecule has 6 nitrogen and oxygen atoms in total. The van der Waals surface area contributed by atoms with Crippen LogP contribution in [0.25, 0.3) is 0 Å². The molecule has 1 unspecified atom stereocenters. The highest BCUT2D eigenvalue weighted by Crippen LogP contribution is 2.17. The molecule has 2 atom stereocenters. The van der Waals surface area contributed by atoms with E-state index >= 15 is 0 Å². The van der Waals surface area contributed by atoms with Gasteiger partial charge in [0.1, 0.15) is 13.2 Å². The lowest BCUT2D eigenvalue weighted by Gasteiger charge is -2.18. The number of hydrogen-bond donors (Lipinski definition) is 0. The molecule has 58 heavy (non-hydrogen) atoms. The van der Waals surface area contributed by atoms with E-state index in [1.165, 1.54) is 186 Å². The third-order valence-electron chi connectivity index (χ3n) is 12.2. The lowest BCUT2D eigenvalue weighted by molar-refractivity contribution is -0.167. The average molecular weight is 821 g/mol. The van der Waals surface area contributed by atoms with Crippen LogP contribution in [-0.4, -0.2) is 37.2 Å². The van der Waals surface area contributed by atoms with E-state index in [1.807, 2.05) is 0 Å². The van der Waals surface area contributed by atoms with Crippen molar-refractivity contribution in [2.75, 3.05) is 13.2 Å². The first kappa shape index (κ1) is 56.4. The molecule has 0 rings (SSSR count). The van der Waals surface area contributed by atoms with Gasteiger partial charge in [-0.3, -0.25) is 14.4 Å². The lowest BCUT2D eigenvalue weighted by Crippen LogP contribution is -2.30. The lowest BCUT2D eigenvalue weighted by atomic mass is 9.99. The maximum Gasteiger partial charge on any atom is 0.306 e. The number of rotatable bonds is 47. The van der Waals surface area contributed by atoms with Gasteiger partial charge < -0.3 is 14.2 Å². The third kappa shape index (κ3) is 44.0. The Hall–Kier alpha value is -1.59. The Morgan fingerprint density at radius 1 is 0.345 bits per heavy atom. The molecule has 0 aliphatic rings. The molecule has 6 heteroatoms. The fourth-order valence-corrected chi connectivity index (χ4v) is 7.83. The number of carbonyl (C=O) groups is 3. The molecule has 0 aromatic rings. The van der Waals surface area contributed by atoms with E-state index in [1.54, 1.807) is 0 Å². The quantitative estimate of drug-likeness (QED) is 0.0346. The number of hydrogen-bond acceptors (Lipinski definition) is 6. The molecule has 0 heterocycles. The summed E-state index contributed by atoms with van der Waals surface area (Å²) in [5.41, 5.74) is 0. The number of ether oxygens (including phenoxy) is 3. The normalized spacial score (nSPS) is 12.4. The van der Waals surface area contributed by atoms with Crippen LogP contribution in [0, 0.1) is 5.92 Å². The Bertz CT molecular complexity index is 874. The summed E-state index contributed by atoms with van der Waals surface area (Å²) >= 11 is 0. The fraction of sp³-hybridized carbons (Fsp3) is 0.942. The highest BCUT2D eigenvalue weighted by Gasteiger charge is 2.19. The monoisotopic (exact) mass is 821 g/mol. The molecule has 0 spiro atoms. The van der Waals surface area contributed by atoms with Crippen molar-refractivity contribution in [3.8, 4) is 0 Å². The third-order valence-corrected chi connectivity index (χ3v) is 12.2. The first-order chi connectivity index (χ1) is 28.4. The first-order valence-corrected chi connectivity index (χ1v) is 25.9. The van der Waals surface area contributed by atoms with E-state index in [4.69, 9.17) is 14.2 Å². The summed E-state index contributed by atoms with van der Waals surface area (Å²) in [4.78, 5) is 37.9. The standard InChI is InChI=1S/C52H100O6/c1-5-8-10-12-14-16-18-19-20-21-22-23-24-25-27-32-36-40-44-51(54)57-47-49(46-56-50(53)43-39-35-31-26-17-15-13-11-9-6-2)58-52(55)45-41-37-33-29-28-30-34-38-42-48(4)7-3/h48-49H,5-47H2,1-4H3/t48?,49-/m1/s1. The second kappa shape index (κ2) is 46.5. The van der Waals surface area contributed by atoms with E-state index in [2.05, 4.69) is 27.7 Å². The Labute approximate surface area is 361 Å². The van der Waals surface area contributed by atoms with E-state index in [0.29, 0.717) is 19.3 Å². The van der Waals surface area contributed by atoms with Crippen LogP contribution in [-0.2, 0) is 28.6 Å². The number of esters is 3. The summed E-state index contributed by atoms with van der Waals surface area (Å²) in [6, 6.07) is 0. The van der Waals surface area contributed by atoms with Gasteiger partial charge in [0, 0.05) is 19.3 Å². The van der Waals surface area contributed by atoms with Crippen molar-refractivity contribution in [3.63, 3.8) is 0 Å². The molecular formula is C52H100O6. The van der Waals surface area contributed by atoms with E-state index in [9.17, 15) is 14.4 Å². The Morgan fingerprint density at radius 3 is 0.897 bits per heavy atom. The number of unbranched alkanes of at least 4 members (excludes halogenated alkanes) is 33. The molecule has 0 N–H and O–H groups in total. The van der Waals surface area contributed by atoms with Crippen molar-refractivity contribution in [3.05, 3.63) is 0 Å². The predicted octanol–water partition coefficient (Wildman–Crippen LogP) is 16.7. The number of carbonyl (C=O) groups excluding carboxylic acids is 3. The maximum atomic E-state index is 12.8. The zero-order valence-corrected chi connectivity index (χ0v) is 39.5. The molecule has 0 bridgehead atoms. The molecule has 344 valence electrons. The molecule has 0 aromatic heterocycles. The van der Waals surface area contributed by atoms with Gasteiger partial charge in [0.15, 0.2) is 6.10 Å². The minimum atomic E-state index is -0.760. The van der Waals surface area contributed by atoms with Gasteiger partial charge in [-0.05, 0) is 25.2 Å². The predicted molar refractivity (Wildman–Crippen MR) is 247 cm³/mol. The van der Waals surface area contributed by atoms with Crippen LogP contribution in [0.15, 0.2) is 0 Å². The van der Waals surface area contributed by atoms with Crippen molar-refractivity contribution in [1.82, 2.24) is 0 Å². The fourth-order valence-electron chi connectivity index (χ4n) is 7.83. The van der Waals surface area contributed by atoms with Crippen LogP contribution >= 0.6 is 0 Å². The highest BCUT2D eigenvalue weighted by atomic mass is 16.6. The van der Waals surface area contributed by atoms with Gasteiger partial charge in [0.2, 0.25) is 0 Å². The SMILES string of the molecule is CCCCCCCCCCCCCCCCCCCCC(=O)OC[C@@H](COC(=O)CCCCCCCCCCCC)OC(=O)CCCCCCCCCCC(C)CC. The van der Waals surface area contributed by atoms with Crippen molar-refractivity contribution < 1.29 is 28.6 Å². The van der Waals surface area contributed by atoms with Gasteiger partial charge in [-0.2, -0.15) is 0 Å². The smallest absolute Gasteiger partial charge is 0.306 e. The first-order valence-electron chi connectivity index (χ1n) is 25.9. The van der Waals surface area contributed by atoms with Gasteiger partial charge >= 0.3 is 17.9 Å². The molecule has 0 aliphatic carbocycles. The Balaban J connectivity index is 4.25. The topological polar surface area (TPSA) is 78.9 Å². The van der Waals surface area contributed by atoms with E-state index in [-0.39, 0.29) is 31.1 Å². The molecular weight excluding hydrogens is 721 g/mol. The summed E-state index contributed by atoms with van der Waals surface area (Å²) < 4.78 is 16.8. The zero-order chi connectivity index (χ0) is 42.4. The highest BCUT2D eigenvalue weighted by molar-refractivity contribution is 5.71. The second-order valence-electron chi connectivity index (χ2n) is 18.1. The summed E-state index contributed by atoms with van der Waals surface area (Å²) in [6.45, 7) is 9.02. The van der Waals surface area contributed by atoms with E-state index < -0.39 is 6.10 Å². The molecule has 0 aliphatic heterocycles. The second-order valence-corrected chi connectivity index (χ2v) is 18.1. The van der Waals surface area contributed by atoms with Gasteiger partial charge in [0.05, 0.1) is 0 Å². The summed E-state index contributed by atoms with van der Waals surface area (Å²) in [6.07, 6.45) is 48.0. The van der Waals surface area contributed by atoms with Crippen LogP contribution in [0.3, 0.4) is 0 Å². The van der Waals surface area contributed by atoms with Crippen molar-refractivity contribution in [2.24, 2.45) is 5.92 Å². The van der Waals surface area contributed by atoms with Crippen LogP contribution < -0.4 is 0 Å². The molecule has 0 saturated heterocycles. The molecule has 0 fully saturated rings. The molecule has 0 amide bonds. The Kier molecular flexibility index (Phi) is 45.2. The molecule has 0 saturated carbocycles. The van der Waals surface area contributed by atoms with Gasteiger partial charge in [0.25, 0.3) is 0 Å². The van der Waals surface area contributed by atoms with E-state index in [0.717, 1.165) is 63.7 Å². The van der Waals surface area contributed by atoms with Gasteiger partial charge in [-0.25, -0.2) is 0 Å². The largest absolute Gasteiger partial charge is 0.462 e. The minimum Gasteiger partial charge on any atom is -0.462 e. The van der Waals surface area contributed by atoms with Crippen LogP contribution in [0.1, 0.15) is 291 Å². The van der Waals surface area contributed by atoms with Gasteiger partial charge in [-0.1, -0.05) is 252 Å². The average Bonchev–Trinajstić information content (AvgIpc) is 3.22. The van der Waals surface area contributed by atoms with Crippen molar-refractivity contribution >= 4 is 17.9 Å².